The molecule has 0 amide bonds. The van der Waals surface area contributed by atoms with Gasteiger partial charge in [-0.05, 0) is 69.3 Å². The molecule has 3 N–H and O–H groups in total. The molecule has 0 saturated heterocycles. The number of carboxylic acid groups (broad SMARTS) is 1. The van der Waals surface area contributed by atoms with Gasteiger partial charge in [-0.2, -0.15) is 0 Å². The Morgan fingerprint density at radius 3 is 2.52 bits per heavy atom. The molecule has 0 bridgehead atoms. The number of ether oxygens (including phenoxy) is 1. The third kappa shape index (κ3) is 6.91. The topological polar surface area (TPSA) is 104 Å². The van der Waals surface area contributed by atoms with E-state index in [4.69, 9.17) is 9.84 Å². The highest BCUT2D eigenvalue weighted by atomic mass is 16.5. The number of aliphatic hydroxyl groups is 2. The number of allylic oxidation sites excluding steroid dienone is 3. The van der Waals surface area contributed by atoms with Crippen LogP contribution in [0.15, 0.2) is 23.8 Å². The standard InChI is InChI=1S/C25H40O6/c1-6-25(4,5)24(30)31-21-12-15(2)11-17-8-7-16(3)20(23(17)21)10-9-18(26)13-19(27)14-22(28)29/h7-8,11,15-16,18-21,23,26-27H,6,9-10,12-14H2,1-5H3,(H,28,29)/t15-,16-,18-,19+,20-,21-,23+/m0/s1. The van der Waals surface area contributed by atoms with Gasteiger partial charge in [-0.25, -0.2) is 0 Å². The summed E-state index contributed by atoms with van der Waals surface area (Å²) in [5.41, 5.74) is 0.682. The van der Waals surface area contributed by atoms with Crippen LogP contribution in [0.2, 0.25) is 0 Å². The zero-order valence-corrected chi connectivity index (χ0v) is 19.6. The lowest BCUT2D eigenvalue weighted by atomic mass is 9.65. The van der Waals surface area contributed by atoms with E-state index in [1.165, 1.54) is 5.57 Å². The lowest BCUT2D eigenvalue weighted by Crippen LogP contribution is -2.43. The Hall–Kier alpha value is -1.66. The molecule has 7 atom stereocenters. The van der Waals surface area contributed by atoms with Crippen LogP contribution in [-0.4, -0.2) is 45.6 Å². The molecule has 0 aliphatic heterocycles. The molecule has 0 spiro atoms. The van der Waals surface area contributed by atoms with Gasteiger partial charge in [0.05, 0.1) is 24.0 Å². The van der Waals surface area contributed by atoms with Gasteiger partial charge in [-0.3, -0.25) is 9.59 Å². The van der Waals surface area contributed by atoms with Gasteiger partial charge in [-0.15, -0.1) is 0 Å². The van der Waals surface area contributed by atoms with Crippen LogP contribution < -0.4 is 0 Å². The number of rotatable bonds is 10. The van der Waals surface area contributed by atoms with Crippen molar-refractivity contribution in [1.29, 1.82) is 0 Å². The first-order chi connectivity index (χ1) is 14.4. The number of aliphatic carboxylic acids is 1. The number of fused-ring (bicyclic) bond motifs is 1. The first-order valence-corrected chi connectivity index (χ1v) is 11.6. The van der Waals surface area contributed by atoms with Crippen molar-refractivity contribution in [3.05, 3.63) is 23.8 Å². The van der Waals surface area contributed by atoms with Crippen molar-refractivity contribution < 1.29 is 29.6 Å². The number of carbonyl (C=O) groups excluding carboxylic acids is 1. The molecule has 0 aromatic rings. The molecule has 0 unspecified atom stereocenters. The third-order valence-corrected chi connectivity index (χ3v) is 7.08. The molecule has 0 aromatic carbocycles. The molecular weight excluding hydrogens is 396 g/mol. The van der Waals surface area contributed by atoms with E-state index in [1.807, 2.05) is 20.8 Å². The average molecular weight is 437 g/mol. The molecule has 2 aliphatic carbocycles. The van der Waals surface area contributed by atoms with Gasteiger partial charge in [0, 0.05) is 5.92 Å². The fourth-order valence-electron chi connectivity index (χ4n) is 4.76. The lowest BCUT2D eigenvalue weighted by Gasteiger charge is -2.44. The lowest BCUT2D eigenvalue weighted by molar-refractivity contribution is -0.164. The van der Waals surface area contributed by atoms with E-state index in [2.05, 4.69) is 32.1 Å². The van der Waals surface area contributed by atoms with Crippen LogP contribution >= 0.6 is 0 Å². The summed E-state index contributed by atoms with van der Waals surface area (Å²) in [5.74, 6) is -0.347. The minimum Gasteiger partial charge on any atom is -0.481 e. The molecule has 2 rings (SSSR count). The van der Waals surface area contributed by atoms with Crippen LogP contribution in [0, 0.1) is 29.1 Å². The summed E-state index contributed by atoms with van der Waals surface area (Å²) in [6, 6.07) is 0. The number of esters is 1. The zero-order valence-electron chi connectivity index (χ0n) is 19.6. The Morgan fingerprint density at radius 1 is 1.23 bits per heavy atom. The monoisotopic (exact) mass is 436 g/mol. The normalized spacial score (nSPS) is 30.2. The van der Waals surface area contributed by atoms with E-state index in [9.17, 15) is 19.8 Å². The fourth-order valence-corrected chi connectivity index (χ4v) is 4.76. The van der Waals surface area contributed by atoms with E-state index in [0.29, 0.717) is 25.2 Å². The van der Waals surface area contributed by atoms with Crippen LogP contribution in [-0.2, 0) is 14.3 Å². The van der Waals surface area contributed by atoms with Crippen molar-refractivity contribution in [1.82, 2.24) is 0 Å². The Labute approximate surface area is 186 Å². The molecule has 0 aromatic heterocycles. The van der Waals surface area contributed by atoms with Gasteiger partial charge in [0.15, 0.2) is 0 Å². The van der Waals surface area contributed by atoms with E-state index >= 15 is 0 Å². The summed E-state index contributed by atoms with van der Waals surface area (Å²) in [6.07, 6.45) is 6.98. The number of carbonyl (C=O) groups is 2. The van der Waals surface area contributed by atoms with Gasteiger partial charge < -0.3 is 20.1 Å². The molecule has 0 saturated carbocycles. The van der Waals surface area contributed by atoms with Gasteiger partial charge >= 0.3 is 11.9 Å². The quantitative estimate of drug-likeness (QED) is 0.445. The summed E-state index contributed by atoms with van der Waals surface area (Å²) in [7, 11) is 0. The SMILES string of the molecule is CCC(C)(C)C(=O)O[C@H]1C[C@@H](C)C=C2C=C[C@H](C)[C@H](CC[C@H](O)C[C@@H](O)CC(=O)O)[C@@H]21. The molecular formula is C25H40O6. The molecule has 31 heavy (non-hydrogen) atoms. The van der Waals surface area contributed by atoms with Crippen molar-refractivity contribution in [3.63, 3.8) is 0 Å². The largest absolute Gasteiger partial charge is 0.481 e. The summed E-state index contributed by atoms with van der Waals surface area (Å²) >= 11 is 0. The van der Waals surface area contributed by atoms with Crippen LogP contribution in [0.1, 0.15) is 73.1 Å². The second-order valence-electron chi connectivity index (χ2n) is 10.2. The van der Waals surface area contributed by atoms with Crippen molar-refractivity contribution >= 4 is 11.9 Å². The van der Waals surface area contributed by atoms with Crippen LogP contribution in [0.5, 0.6) is 0 Å². The minimum absolute atomic E-state index is 0.0523. The number of carboxylic acids is 1. The molecule has 6 nitrogen and oxygen atoms in total. The number of aliphatic hydroxyl groups excluding tert-OH is 2. The first kappa shape index (κ1) is 25.6. The van der Waals surface area contributed by atoms with E-state index < -0.39 is 23.6 Å². The highest BCUT2D eigenvalue weighted by molar-refractivity contribution is 5.76. The van der Waals surface area contributed by atoms with Crippen molar-refractivity contribution in [2.75, 3.05) is 0 Å². The molecule has 0 fully saturated rings. The van der Waals surface area contributed by atoms with Gasteiger partial charge in [0.25, 0.3) is 0 Å². The summed E-state index contributed by atoms with van der Waals surface area (Å²) in [4.78, 5) is 23.6. The van der Waals surface area contributed by atoms with Gasteiger partial charge in [0.1, 0.15) is 6.10 Å². The smallest absolute Gasteiger partial charge is 0.311 e. The Morgan fingerprint density at radius 2 is 1.90 bits per heavy atom. The van der Waals surface area contributed by atoms with E-state index in [-0.39, 0.29) is 42.7 Å². The summed E-state index contributed by atoms with van der Waals surface area (Å²) < 4.78 is 6.10. The number of hydrogen-bond acceptors (Lipinski definition) is 5. The Balaban J connectivity index is 2.12. The maximum atomic E-state index is 12.8. The minimum atomic E-state index is -1.07. The maximum absolute atomic E-state index is 12.8. The molecule has 2 aliphatic rings. The third-order valence-electron chi connectivity index (χ3n) is 7.08. The predicted molar refractivity (Wildman–Crippen MR) is 119 cm³/mol. The molecule has 6 heteroatoms. The van der Waals surface area contributed by atoms with Crippen LogP contribution in [0.25, 0.3) is 0 Å². The molecule has 176 valence electrons. The summed E-state index contributed by atoms with van der Waals surface area (Å²) in [5, 5.41) is 29.0. The predicted octanol–water partition coefficient (Wildman–Crippen LogP) is 4.11. The zero-order chi connectivity index (χ0) is 23.3. The van der Waals surface area contributed by atoms with Crippen LogP contribution in [0.4, 0.5) is 0 Å². The van der Waals surface area contributed by atoms with Gasteiger partial charge in [-0.1, -0.05) is 39.0 Å². The van der Waals surface area contributed by atoms with Crippen molar-refractivity contribution in [2.24, 2.45) is 29.1 Å². The maximum Gasteiger partial charge on any atom is 0.311 e. The fraction of sp³-hybridized carbons (Fsp3) is 0.760. The first-order valence-electron chi connectivity index (χ1n) is 11.6. The Bertz CT molecular complexity index is 694. The number of hydrogen-bond donors (Lipinski definition) is 3. The highest BCUT2D eigenvalue weighted by Crippen LogP contribution is 2.45. The second kappa shape index (κ2) is 10.8. The van der Waals surface area contributed by atoms with Gasteiger partial charge in [0.2, 0.25) is 0 Å². The molecule has 0 radical (unpaired) electrons. The Kier molecular flexibility index (Phi) is 8.90. The van der Waals surface area contributed by atoms with E-state index in [1.54, 1.807) is 0 Å². The summed E-state index contributed by atoms with van der Waals surface area (Å²) in [6.45, 7) is 10.1. The highest BCUT2D eigenvalue weighted by Gasteiger charge is 2.42. The average Bonchev–Trinajstić information content (AvgIpc) is 2.66. The van der Waals surface area contributed by atoms with E-state index in [0.717, 1.165) is 6.42 Å². The van der Waals surface area contributed by atoms with Crippen molar-refractivity contribution in [3.8, 4) is 0 Å². The van der Waals surface area contributed by atoms with Crippen molar-refractivity contribution in [2.45, 2.75) is 91.5 Å². The molecule has 0 heterocycles. The van der Waals surface area contributed by atoms with Crippen LogP contribution in [0.3, 0.4) is 0 Å². The second-order valence-corrected chi connectivity index (χ2v) is 10.2.